The molecule has 0 spiro atoms. The monoisotopic (exact) mass is 367 g/mol. The molecule has 2 heterocycles. The number of rotatable bonds is 3. The quantitative estimate of drug-likeness (QED) is 0.600. The van der Waals surface area contributed by atoms with Crippen LogP contribution in [0.5, 0.6) is 0 Å². The van der Waals surface area contributed by atoms with Gasteiger partial charge in [0.15, 0.2) is 10.9 Å². The number of nitrogens with zero attached hydrogens (tertiary/aromatic N) is 3. The molecule has 0 radical (unpaired) electrons. The zero-order valence-corrected chi connectivity index (χ0v) is 15.7. The molecule has 1 aromatic rings. The summed E-state index contributed by atoms with van der Waals surface area (Å²) in [6, 6.07) is -0.402. The van der Waals surface area contributed by atoms with Gasteiger partial charge in [-0.1, -0.05) is 25.2 Å². The van der Waals surface area contributed by atoms with E-state index in [2.05, 4.69) is 4.98 Å². The van der Waals surface area contributed by atoms with Crippen molar-refractivity contribution in [2.75, 3.05) is 25.6 Å². The predicted molar refractivity (Wildman–Crippen MR) is 90.6 cm³/mol. The number of carbonyl (C=O) groups is 3. The Kier molecular flexibility index (Phi) is 4.11. The van der Waals surface area contributed by atoms with Crippen LogP contribution in [0.3, 0.4) is 0 Å². The number of aromatic nitrogens is 1. The number of thiazole rings is 1. The highest BCUT2D eigenvalue weighted by atomic mass is 32.1. The molecule has 1 saturated heterocycles. The van der Waals surface area contributed by atoms with Crippen molar-refractivity contribution in [3.63, 3.8) is 0 Å². The second-order valence-corrected chi connectivity index (χ2v) is 8.18. The number of hydrogen-bond acceptors (Lipinski definition) is 7. The van der Waals surface area contributed by atoms with E-state index in [1.54, 1.807) is 7.05 Å². The Morgan fingerprint density at radius 2 is 1.96 bits per heavy atom. The maximum atomic E-state index is 12.6. The minimum absolute atomic E-state index is 0.0190. The number of ketones is 1. The average molecular weight is 367 g/mol. The minimum Gasteiger partial charge on any atom is -0.411 e. The van der Waals surface area contributed by atoms with Crippen molar-refractivity contribution >= 4 is 34.3 Å². The number of hydrogen-bond donors (Lipinski definition) is 0. The molecule has 0 saturated carbocycles. The van der Waals surface area contributed by atoms with Crippen molar-refractivity contribution in [1.29, 1.82) is 0 Å². The topological polar surface area (TPSA) is 89.0 Å². The molecule has 0 aromatic carbocycles. The zero-order chi connectivity index (χ0) is 18.6. The van der Waals surface area contributed by atoms with Crippen LogP contribution in [0.4, 0.5) is 9.93 Å². The van der Waals surface area contributed by atoms with Gasteiger partial charge in [0.05, 0.1) is 10.6 Å². The fourth-order valence-electron chi connectivity index (χ4n) is 3.29. The molecule has 0 bridgehead atoms. The molecule has 1 fully saturated rings. The summed E-state index contributed by atoms with van der Waals surface area (Å²) < 4.78 is 10.8. The first-order valence-electron chi connectivity index (χ1n) is 7.91. The molecule has 1 aromatic heterocycles. The summed E-state index contributed by atoms with van der Waals surface area (Å²) in [6.07, 6.45) is 1.09. The number of esters is 1. The summed E-state index contributed by atoms with van der Waals surface area (Å²) in [5.74, 6) is -2.14. The molecular weight excluding hydrogens is 346 g/mol. The smallest absolute Gasteiger partial charge is 0.331 e. The van der Waals surface area contributed by atoms with Crippen molar-refractivity contribution in [3.05, 3.63) is 10.6 Å². The van der Waals surface area contributed by atoms with E-state index in [-0.39, 0.29) is 17.7 Å². The fourth-order valence-corrected chi connectivity index (χ4v) is 4.35. The highest BCUT2D eigenvalue weighted by molar-refractivity contribution is 7.17. The number of anilines is 1. The van der Waals surface area contributed by atoms with E-state index in [0.717, 1.165) is 11.3 Å². The molecule has 136 valence electrons. The second kappa shape index (κ2) is 5.77. The van der Waals surface area contributed by atoms with E-state index < -0.39 is 17.9 Å². The van der Waals surface area contributed by atoms with Crippen LogP contribution in [-0.2, 0) is 20.7 Å². The maximum absolute atomic E-state index is 12.6. The third kappa shape index (κ3) is 2.91. The molecule has 2 amide bonds. The van der Waals surface area contributed by atoms with Crippen molar-refractivity contribution in [2.24, 2.45) is 5.41 Å². The third-order valence-electron chi connectivity index (χ3n) is 4.33. The molecule has 1 aliphatic heterocycles. The van der Waals surface area contributed by atoms with E-state index >= 15 is 0 Å². The Morgan fingerprint density at radius 1 is 1.28 bits per heavy atom. The first kappa shape index (κ1) is 17.8. The maximum Gasteiger partial charge on any atom is 0.331 e. The van der Waals surface area contributed by atoms with Gasteiger partial charge in [0.25, 0.3) is 0 Å². The SMILES string of the molecule is COC1(OC(C)=O)CN(C)C(=O)N1c1nc2c(s1)C(=O)CC(C)(C)C2. The number of amides is 2. The summed E-state index contributed by atoms with van der Waals surface area (Å²) in [7, 11) is 2.95. The Balaban J connectivity index is 2.06. The van der Waals surface area contributed by atoms with Crippen LogP contribution in [0.1, 0.15) is 42.6 Å². The summed E-state index contributed by atoms with van der Waals surface area (Å²) >= 11 is 1.14. The highest BCUT2D eigenvalue weighted by Gasteiger charge is 2.55. The second-order valence-electron chi connectivity index (χ2n) is 7.20. The van der Waals surface area contributed by atoms with Crippen LogP contribution in [-0.4, -0.2) is 54.3 Å². The van der Waals surface area contributed by atoms with Crippen molar-refractivity contribution in [2.45, 2.75) is 39.5 Å². The van der Waals surface area contributed by atoms with E-state index in [1.165, 1.54) is 23.8 Å². The van der Waals surface area contributed by atoms with E-state index in [9.17, 15) is 14.4 Å². The summed E-state index contributed by atoms with van der Waals surface area (Å²) in [5, 5.41) is 0.300. The van der Waals surface area contributed by atoms with Gasteiger partial charge in [-0.05, 0) is 11.8 Å². The van der Waals surface area contributed by atoms with Crippen molar-refractivity contribution in [3.8, 4) is 0 Å². The molecular formula is C16H21N3O5S. The lowest BCUT2D eigenvalue weighted by Crippen LogP contribution is -2.52. The first-order chi connectivity index (χ1) is 11.6. The molecule has 2 aliphatic rings. The lowest BCUT2D eigenvalue weighted by molar-refractivity contribution is -0.210. The van der Waals surface area contributed by atoms with Gasteiger partial charge in [-0.15, -0.1) is 0 Å². The highest BCUT2D eigenvalue weighted by Crippen LogP contribution is 2.42. The van der Waals surface area contributed by atoms with Gasteiger partial charge in [-0.3, -0.25) is 9.59 Å². The standard InChI is InChI=1S/C16H21N3O5S/c1-9(20)24-16(23-5)8-18(4)14(22)19(16)13-17-10-6-15(2,3)7-11(21)12(10)25-13/h6-8H2,1-5H3. The number of methoxy groups -OCH3 is 1. The number of fused-ring (bicyclic) bond motifs is 1. The molecule has 1 aliphatic carbocycles. The van der Waals surface area contributed by atoms with Gasteiger partial charge < -0.3 is 14.4 Å². The van der Waals surface area contributed by atoms with E-state index in [0.29, 0.717) is 28.5 Å². The lowest BCUT2D eigenvalue weighted by atomic mass is 9.78. The Labute approximate surface area is 149 Å². The Bertz CT molecular complexity index is 759. The largest absolute Gasteiger partial charge is 0.411 e. The zero-order valence-electron chi connectivity index (χ0n) is 14.9. The van der Waals surface area contributed by atoms with Crippen molar-refractivity contribution < 1.29 is 23.9 Å². The summed E-state index contributed by atoms with van der Waals surface area (Å²) in [4.78, 5) is 44.3. The average Bonchev–Trinajstić information content (AvgIpc) is 2.97. The molecule has 25 heavy (non-hydrogen) atoms. The van der Waals surface area contributed by atoms with Crippen LogP contribution >= 0.6 is 11.3 Å². The fraction of sp³-hybridized carbons (Fsp3) is 0.625. The molecule has 0 N–H and O–H groups in total. The van der Waals surface area contributed by atoms with Gasteiger partial charge in [0.2, 0.25) is 0 Å². The van der Waals surface area contributed by atoms with Crippen molar-refractivity contribution in [1.82, 2.24) is 9.88 Å². The Morgan fingerprint density at radius 3 is 2.56 bits per heavy atom. The van der Waals surface area contributed by atoms with Gasteiger partial charge in [0, 0.05) is 27.5 Å². The van der Waals surface area contributed by atoms with Crippen LogP contribution < -0.4 is 4.90 Å². The number of Topliss-reactive ketones (excluding diaryl/α,β-unsaturated/α-hetero) is 1. The van der Waals surface area contributed by atoms with Crippen LogP contribution in [0.15, 0.2) is 0 Å². The van der Waals surface area contributed by atoms with Crippen LogP contribution in [0.2, 0.25) is 0 Å². The third-order valence-corrected chi connectivity index (χ3v) is 5.46. The van der Waals surface area contributed by atoms with E-state index in [4.69, 9.17) is 9.47 Å². The number of ether oxygens (including phenoxy) is 2. The molecule has 3 rings (SSSR count). The minimum atomic E-state index is -1.59. The van der Waals surface area contributed by atoms with Gasteiger partial charge in [0.1, 0.15) is 6.54 Å². The lowest BCUT2D eigenvalue weighted by Gasteiger charge is -2.32. The first-order valence-corrected chi connectivity index (χ1v) is 8.73. The molecule has 1 atom stereocenters. The Hall–Kier alpha value is -2.00. The molecule has 9 heteroatoms. The normalized spacial score (nSPS) is 25.3. The number of likely N-dealkylation sites (N-methyl/N-ethyl adjacent to an activating group) is 1. The number of carbonyl (C=O) groups excluding carboxylic acids is 3. The number of urea groups is 1. The van der Waals surface area contributed by atoms with Crippen LogP contribution in [0, 0.1) is 5.41 Å². The predicted octanol–water partition coefficient (Wildman–Crippen LogP) is 2.03. The van der Waals surface area contributed by atoms with Gasteiger partial charge in [-0.2, -0.15) is 0 Å². The van der Waals surface area contributed by atoms with Crippen LogP contribution in [0.25, 0.3) is 0 Å². The van der Waals surface area contributed by atoms with Gasteiger partial charge in [-0.25, -0.2) is 14.7 Å². The van der Waals surface area contributed by atoms with E-state index in [1.807, 2.05) is 13.8 Å². The molecule has 8 nitrogen and oxygen atoms in total. The summed E-state index contributed by atoms with van der Waals surface area (Å²) in [5.41, 5.74) is 0.506. The molecule has 1 unspecified atom stereocenters. The van der Waals surface area contributed by atoms with Gasteiger partial charge >= 0.3 is 17.9 Å². The summed E-state index contributed by atoms with van der Waals surface area (Å²) in [6.45, 7) is 5.33.